The van der Waals surface area contributed by atoms with Gasteiger partial charge in [-0.2, -0.15) is 0 Å². The van der Waals surface area contributed by atoms with Crippen molar-refractivity contribution in [1.82, 2.24) is 0 Å². The summed E-state index contributed by atoms with van der Waals surface area (Å²) in [6.07, 6.45) is 37.1. The van der Waals surface area contributed by atoms with E-state index in [-0.39, 0.29) is 95.9 Å². The van der Waals surface area contributed by atoms with Crippen LogP contribution in [0.1, 0.15) is 112 Å². The highest BCUT2D eigenvalue weighted by atomic mass is 127. The molecule has 8 aromatic carbocycles. The molecule has 0 saturated carbocycles. The van der Waals surface area contributed by atoms with Crippen LogP contribution in [0.5, 0.6) is 0 Å². The van der Waals surface area contributed by atoms with Crippen molar-refractivity contribution >= 4 is 115 Å². The molecule has 0 amide bonds. The number of para-hydroxylation sites is 8. The van der Waals surface area contributed by atoms with Crippen molar-refractivity contribution in [2.45, 2.75) is 109 Å². The van der Waals surface area contributed by atoms with Gasteiger partial charge in [0.15, 0.2) is 0 Å². The van der Waals surface area contributed by atoms with Gasteiger partial charge in [-0.1, -0.05) is 193 Å². The molecule has 8 aliphatic heterocycles. The molecule has 0 N–H and O–H groups in total. The first-order valence-corrected chi connectivity index (χ1v) is 48.7. The zero-order chi connectivity index (χ0) is 84.8. The average molecular weight is 2210 g/mol. The second-order valence-electron chi connectivity index (χ2n) is 37.4. The quantitative estimate of drug-likeness (QED) is 0.0213. The van der Waals surface area contributed by atoms with Gasteiger partial charge in [-0.15, -0.1) is 0 Å². The van der Waals surface area contributed by atoms with Crippen LogP contribution in [0.25, 0.3) is 22.3 Å². The van der Waals surface area contributed by atoms with Crippen molar-refractivity contribution < 1.29 is 114 Å². The number of thioether (sulfide) groups is 4. The third-order valence-corrected chi connectivity index (χ3v) is 31.0. The maximum absolute atomic E-state index is 2.59. The van der Waals surface area contributed by atoms with Crippen molar-refractivity contribution in [3.05, 3.63) is 285 Å². The Hall–Kier alpha value is -5.76. The minimum atomic E-state index is 0. The molecule has 0 aliphatic carbocycles. The number of allylic oxidation sites excluding steroid dienone is 8. The number of halogens is 4. The third-order valence-electron chi connectivity index (χ3n) is 26.4. The van der Waals surface area contributed by atoms with Gasteiger partial charge in [-0.3, -0.25) is 0 Å². The molecule has 0 spiro atoms. The standard InChI is InChI=1S/2C53H68N6S2.4HI/c2*1-54-48-26-13-15-28-50(48)60-52(54)40-42-30-34-56(46-24-11-9-22-44(42)46)32-17-7-19-36-58(3,4)38-21-39-59(5,6)37-20-8-18-33-57-35-31-43(45-23-10-12-25-47(45)57)41-53-55(2)49-27-14-16-29-51(49)61-53;;;;/h2*9-16,22-31,40-41H,7-8,17-21,32-39H2,1-6H3;4*1H/q2*+2;;;;/p-4/b2*52-40+,53-41?;;;;. The van der Waals surface area contributed by atoms with E-state index in [1.807, 2.05) is 47.0 Å². The van der Waals surface area contributed by atoms with E-state index in [2.05, 4.69) is 367 Å². The predicted molar refractivity (Wildman–Crippen MR) is 534 cm³/mol. The van der Waals surface area contributed by atoms with Gasteiger partial charge in [0, 0.05) is 158 Å². The molecule has 16 rings (SSSR count). The Morgan fingerprint density at radius 1 is 0.230 bits per heavy atom. The molecule has 672 valence electrons. The summed E-state index contributed by atoms with van der Waals surface area (Å²) in [5.74, 6) is 0. The fraction of sp³-hybridized carbons (Fsp3) is 0.396. The molecule has 20 heteroatoms. The molecule has 0 atom stereocenters. The molecule has 8 heterocycles. The number of fused-ring (bicyclic) bond motifs is 8. The van der Waals surface area contributed by atoms with Gasteiger partial charge in [0.05, 0.1) is 152 Å². The van der Waals surface area contributed by atoms with E-state index in [1.165, 1.54) is 272 Å². The van der Waals surface area contributed by atoms with Gasteiger partial charge in [-0.05, 0) is 196 Å². The Kier molecular flexibility index (Phi) is 37.6. The number of anilines is 8. The summed E-state index contributed by atoms with van der Waals surface area (Å²) in [6.45, 7) is 18.4. The fourth-order valence-corrected chi connectivity index (χ4v) is 23.3. The number of rotatable bonds is 36. The van der Waals surface area contributed by atoms with Crippen molar-refractivity contribution in [2.75, 3.05) is 228 Å². The highest BCUT2D eigenvalue weighted by molar-refractivity contribution is 8.04. The SMILES string of the molecule is CN1C(=CC2=CCN(CCCCC[N+](C)(C)CCC[N+](C)(C)CCCCCN3CC=C(/C=C4/Sc5ccccc5N4C)c4ccccc43)c3ccccc32)Sc2ccccc21.CN1C(=CC2=CCN(CCCCC[N+](C)(C)CCC[N+](C)(C)CCCCCN3CC=C(/C=C4/Sc5ccccc5N4C)c4ccccc43)c3ccccc32)Sc2ccccc21.[I-].[I-].[I-].[I-]. The average Bonchev–Trinajstić information content (AvgIpc) is 1.48. The summed E-state index contributed by atoms with van der Waals surface area (Å²) >= 11 is 7.50. The van der Waals surface area contributed by atoms with Crippen LogP contribution in [-0.4, -0.2) is 207 Å². The number of nitrogens with zero attached hydrogens (tertiary/aromatic N) is 12. The number of hydrogen-bond donors (Lipinski definition) is 0. The molecule has 0 radical (unpaired) electrons. The van der Waals surface area contributed by atoms with Gasteiger partial charge < -0.3 is 153 Å². The van der Waals surface area contributed by atoms with Gasteiger partial charge in [0.25, 0.3) is 0 Å². The first-order valence-electron chi connectivity index (χ1n) is 45.5. The van der Waals surface area contributed by atoms with E-state index < -0.39 is 0 Å². The zero-order valence-corrected chi connectivity index (χ0v) is 88.7. The minimum absolute atomic E-state index is 0. The van der Waals surface area contributed by atoms with Crippen LogP contribution in [0, 0.1) is 0 Å². The molecule has 0 saturated heterocycles. The van der Waals surface area contributed by atoms with Crippen LogP contribution in [0.4, 0.5) is 45.5 Å². The second kappa shape index (κ2) is 47.0. The summed E-state index contributed by atoms with van der Waals surface area (Å²) < 4.78 is 4.49. The topological polar surface area (TPSA) is 25.9 Å². The first-order chi connectivity index (χ1) is 59.1. The normalized spacial score (nSPS) is 16.9. The molecule has 0 aromatic heterocycles. The second-order valence-corrected chi connectivity index (χ2v) is 41.7. The zero-order valence-electron chi connectivity index (χ0n) is 76.8. The molecule has 0 bridgehead atoms. The summed E-state index contributed by atoms with van der Waals surface area (Å²) in [4.78, 5) is 25.0. The Bertz CT molecular complexity index is 4600. The van der Waals surface area contributed by atoms with Crippen LogP contribution in [0.2, 0.25) is 0 Å². The highest BCUT2D eigenvalue weighted by Gasteiger charge is 2.31. The molecule has 0 unspecified atom stereocenters. The molecular formula is C106H136I4N12S4. The van der Waals surface area contributed by atoms with E-state index in [9.17, 15) is 0 Å². The van der Waals surface area contributed by atoms with Crippen LogP contribution < -0.4 is 135 Å². The van der Waals surface area contributed by atoms with Gasteiger partial charge >= 0.3 is 0 Å². The monoisotopic (exact) mass is 2210 g/mol. The van der Waals surface area contributed by atoms with Gasteiger partial charge in [-0.25, -0.2) is 0 Å². The van der Waals surface area contributed by atoms with Crippen LogP contribution >= 0.6 is 47.0 Å². The third kappa shape index (κ3) is 26.0. The predicted octanol–water partition coefficient (Wildman–Crippen LogP) is 11.7. The number of quaternary nitrogens is 4. The lowest BCUT2D eigenvalue weighted by Gasteiger charge is -2.34. The molecule has 126 heavy (non-hydrogen) atoms. The van der Waals surface area contributed by atoms with Crippen molar-refractivity contribution in [3.8, 4) is 0 Å². The number of benzene rings is 8. The lowest BCUT2D eigenvalue weighted by molar-refractivity contribution is -0.909. The number of unbranched alkanes of at least 4 members (excludes halogenated alkanes) is 8. The summed E-state index contributed by atoms with van der Waals surface area (Å²) in [6, 6.07) is 70.8. The molecule has 0 fully saturated rings. The minimum Gasteiger partial charge on any atom is -1.00 e. The van der Waals surface area contributed by atoms with Gasteiger partial charge in [0.1, 0.15) is 0 Å². The molecule has 8 aromatic rings. The Balaban J connectivity index is 0.000000237. The lowest BCUT2D eigenvalue weighted by atomic mass is 9.98. The fourth-order valence-electron chi connectivity index (χ4n) is 18.9. The summed E-state index contributed by atoms with van der Waals surface area (Å²) in [7, 11) is 28.3. The first kappa shape index (κ1) is 101. The number of hydrogen-bond acceptors (Lipinski definition) is 12. The van der Waals surface area contributed by atoms with Crippen LogP contribution in [0.15, 0.2) is 282 Å². The Labute approximate surface area is 842 Å². The molecule has 12 nitrogen and oxygen atoms in total. The van der Waals surface area contributed by atoms with E-state index >= 15 is 0 Å². The molecule has 8 aliphatic rings. The molecular weight excluding hydrogens is 2080 g/mol. The Morgan fingerprint density at radius 2 is 0.413 bits per heavy atom. The van der Waals surface area contributed by atoms with Crippen molar-refractivity contribution in [1.29, 1.82) is 0 Å². The van der Waals surface area contributed by atoms with Crippen molar-refractivity contribution in [3.63, 3.8) is 0 Å². The van der Waals surface area contributed by atoms with E-state index in [4.69, 9.17) is 0 Å². The summed E-state index contributed by atoms with van der Waals surface area (Å²) in [5.41, 5.74) is 21.5. The van der Waals surface area contributed by atoms with E-state index in [0.717, 1.165) is 70.3 Å². The van der Waals surface area contributed by atoms with Crippen LogP contribution in [-0.2, 0) is 0 Å². The maximum atomic E-state index is 2.59. The largest absolute Gasteiger partial charge is 1.00 e. The Morgan fingerprint density at radius 3 is 0.619 bits per heavy atom. The van der Waals surface area contributed by atoms with Gasteiger partial charge in [0.2, 0.25) is 0 Å². The van der Waals surface area contributed by atoms with Crippen molar-refractivity contribution in [2.24, 2.45) is 0 Å². The maximum Gasteiger partial charge on any atom is 0.0836 e. The smallest absolute Gasteiger partial charge is 0.0836 e. The summed E-state index contributed by atoms with van der Waals surface area (Å²) in [5, 5.41) is 5.19. The van der Waals surface area contributed by atoms with E-state index in [0.29, 0.717) is 0 Å². The lowest BCUT2D eigenvalue weighted by Crippen LogP contribution is -3.00. The highest BCUT2D eigenvalue weighted by Crippen LogP contribution is 2.51. The van der Waals surface area contributed by atoms with E-state index in [1.54, 1.807) is 0 Å². The van der Waals surface area contributed by atoms with Crippen LogP contribution in [0.3, 0.4) is 0 Å².